The van der Waals surface area contributed by atoms with E-state index in [1.165, 1.54) is 32.3 Å². The Morgan fingerprint density at radius 2 is 1.65 bits per heavy atom. The average molecular weight is 332 g/mol. The molecule has 0 heterocycles. The van der Waals surface area contributed by atoms with Crippen molar-refractivity contribution in [3.8, 4) is 0 Å². The molecule has 0 aliphatic heterocycles. The lowest BCUT2D eigenvalue weighted by molar-refractivity contribution is 0.587. The topological polar surface area (TPSA) is 12.0 Å². The SMILES string of the molecule is CNC(Cc1c(C)cc(C)cc1C)c1ccccc1Br. The molecule has 2 aromatic carbocycles. The zero-order valence-electron chi connectivity index (χ0n) is 12.6. The monoisotopic (exact) mass is 331 g/mol. The molecule has 2 heteroatoms. The van der Waals surface area contributed by atoms with E-state index in [1.54, 1.807) is 0 Å². The van der Waals surface area contributed by atoms with Crippen molar-refractivity contribution < 1.29 is 0 Å². The summed E-state index contributed by atoms with van der Waals surface area (Å²) in [6, 6.07) is 13.3. The predicted molar refractivity (Wildman–Crippen MR) is 90.3 cm³/mol. The standard InChI is InChI=1S/C18H22BrN/c1-12-9-13(2)16(14(3)10-12)11-18(20-4)15-7-5-6-8-17(15)19/h5-10,18,20H,11H2,1-4H3. The van der Waals surface area contributed by atoms with E-state index in [1.807, 2.05) is 7.05 Å². The molecule has 0 amide bonds. The quantitative estimate of drug-likeness (QED) is 0.842. The van der Waals surface area contributed by atoms with Gasteiger partial charge in [0.1, 0.15) is 0 Å². The van der Waals surface area contributed by atoms with Gasteiger partial charge >= 0.3 is 0 Å². The molecule has 0 spiro atoms. The molecule has 20 heavy (non-hydrogen) atoms. The molecular formula is C18H22BrN. The van der Waals surface area contributed by atoms with Gasteiger partial charge in [-0.2, -0.15) is 0 Å². The van der Waals surface area contributed by atoms with E-state index < -0.39 is 0 Å². The Kier molecular flexibility index (Phi) is 5.00. The highest BCUT2D eigenvalue weighted by molar-refractivity contribution is 9.10. The maximum absolute atomic E-state index is 3.66. The summed E-state index contributed by atoms with van der Waals surface area (Å²) < 4.78 is 1.17. The number of nitrogens with one attached hydrogen (secondary N) is 1. The van der Waals surface area contributed by atoms with E-state index in [0.29, 0.717) is 6.04 Å². The highest BCUT2D eigenvalue weighted by Gasteiger charge is 2.15. The second-order valence-electron chi connectivity index (χ2n) is 5.44. The second-order valence-corrected chi connectivity index (χ2v) is 6.30. The van der Waals surface area contributed by atoms with Crippen LogP contribution in [-0.4, -0.2) is 7.05 Å². The van der Waals surface area contributed by atoms with E-state index in [9.17, 15) is 0 Å². The van der Waals surface area contributed by atoms with Gasteiger partial charge in [0.2, 0.25) is 0 Å². The van der Waals surface area contributed by atoms with E-state index in [2.05, 4.69) is 78.4 Å². The highest BCUT2D eigenvalue weighted by Crippen LogP contribution is 2.28. The highest BCUT2D eigenvalue weighted by atomic mass is 79.9. The van der Waals surface area contributed by atoms with Gasteiger partial charge in [-0.1, -0.05) is 51.8 Å². The van der Waals surface area contributed by atoms with Crippen LogP contribution in [0.2, 0.25) is 0 Å². The largest absolute Gasteiger partial charge is 0.313 e. The Labute approximate surface area is 130 Å². The van der Waals surface area contributed by atoms with E-state index >= 15 is 0 Å². The smallest absolute Gasteiger partial charge is 0.0369 e. The van der Waals surface area contributed by atoms with Gasteiger partial charge < -0.3 is 5.32 Å². The molecule has 0 fully saturated rings. The third-order valence-corrected chi connectivity index (χ3v) is 4.60. The normalized spacial score (nSPS) is 12.4. The first-order valence-electron chi connectivity index (χ1n) is 7.01. The molecule has 1 nitrogen and oxygen atoms in total. The second kappa shape index (κ2) is 6.55. The van der Waals surface area contributed by atoms with Crippen molar-refractivity contribution in [2.75, 3.05) is 7.05 Å². The first-order chi connectivity index (χ1) is 9.52. The van der Waals surface area contributed by atoms with Crippen molar-refractivity contribution in [1.82, 2.24) is 5.32 Å². The Bertz CT molecular complexity index is 581. The van der Waals surface area contributed by atoms with Gasteiger partial charge in [-0.15, -0.1) is 0 Å². The van der Waals surface area contributed by atoms with E-state index in [4.69, 9.17) is 0 Å². The van der Waals surface area contributed by atoms with Crippen LogP contribution in [0.25, 0.3) is 0 Å². The molecule has 0 aromatic heterocycles. The van der Waals surface area contributed by atoms with Gasteiger partial charge in [-0.25, -0.2) is 0 Å². The van der Waals surface area contributed by atoms with Crippen molar-refractivity contribution in [3.05, 3.63) is 68.7 Å². The van der Waals surface area contributed by atoms with Crippen molar-refractivity contribution in [3.63, 3.8) is 0 Å². The molecule has 1 unspecified atom stereocenters. The molecule has 2 rings (SSSR count). The van der Waals surface area contributed by atoms with Crippen LogP contribution in [0.3, 0.4) is 0 Å². The number of likely N-dealkylation sites (N-methyl/N-ethyl adjacent to an activating group) is 1. The van der Waals surface area contributed by atoms with Crippen molar-refractivity contribution in [2.24, 2.45) is 0 Å². The van der Waals surface area contributed by atoms with Crippen LogP contribution in [0.1, 0.15) is 33.9 Å². The van der Waals surface area contributed by atoms with Crippen LogP contribution < -0.4 is 5.32 Å². The number of hydrogen-bond donors (Lipinski definition) is 1. The average Bonchev–Trinajstić information content (AvgIpc) is 2.39. The molecule has 0 radical (unpaired) electrons. The molecule has 0 aliphatic rings. The minimum Gasteiger partial charge on any atom is -0.313 e. The Morgan fingerprint density at radius 1 is 1.05 bits per heavy atom. The van der Waals surface area contributed by atoms with Crippen LogP contribution in [0.4, 0.5) is 0 Å². The van der Waals surface area contributed by atoms with Crippen LogP contribution in [0, 0.1) is 20.8 Å². The van der Waals surface area contributed by atoms with Crippen molar-refractivity contribution >= 4 is 15.9 Å². The molecule has 106 valence electrons. The fraction of sp³-hybridized carbons (Fsp3) is 0.333. The summed E-state index contributed by atoms with van der Waals surface area (Å²) in [6.45, 7) is 6.58. The zero-order chi connectivity index (χ0) is 14.7. The van der Waals surface area contributed by atoms with Crippen molar-refractivity contribution in [2.45, 2.75) is 33.2 Å². The summed E-state index contributed by atoms with van der Waals surface area (Å²) in [7, 11) is 2.03. The number of aryl methyl sites for hydroxylation is 3. The summed E-state index contributed by atoms with van der Waals surface area (Å²) in [5.74, 6) is 0. The third-order valence-electron chi connectivity index (χ3n) is 3.88. The first kappa shape index (κ1) is 15.3. The van der Waals surface area contributed by atoms with Crippen LogP contribution in [0.15, 0.2) is 40.9 Å². The fourth-order valence-electron chi connectivity index (χ4n) is 2.86. The van der Waals surface area contributed by atoms with Gasteiger partial charge in [-0.3, -0.25) is 0 Å². The minimum absolute atomic E-state index is 0.325. The molecular weight excluding hydrogens is 310 g/mol. The minimum atomic E-state index is 0.325. The van der Waals surface area contributed by atoms with Crippen molar-refractivity contribution in [1.29, 1.82) is 0 Å². The molecule has 1 atom stereocenters. The lowest BCUT2D eigenvalue weighted by Crippen LogP contribution is -2.20. The molecule has 0 saturated carbocycles. The first-order valence-corrected chi connectivity index (χ1v) is 7.80. The molecule has 2 aromatic rings. The summed E-state index contributed by atoms with van der Waals surface area (Å²) in [6.07, 6.45) is 1.01. The number of benzene rings is 2. The maximum atomic E-state index is 3.66. The third kappa shape index (κ3) is 3.31. The predicted octanol–water partition coefficient (Wildman–Crippen LogP) is 4.88. The Balaban J connectivity index is 2.35. The van der Waals surface area contributed by atoms with E-state index in [-0.39, 0.29) is 0 Å². The zero-order valence-corrected chi connectivity index (χ0v) is 14.2. The van der Waals surface area contributed by atoms with Gasteiger partial charge in [0.25, 0.3) is 0 Å². The lowest BCUT2D eigenvalue weighted by Gasteiger charge is -2.21. The maximum Gasteiger partial charge on any atom is 0.0369 e. The van der Waals surface area contributed by atoms with Gasteiger partial charge in [-0.05, 0) is 62.6 Å². The Hall–Kier alpha value is -1.12. The van der Waals surface area contributed by atoms with E-state index in [0.717, 1.165) is 6.42 Å². The van der Waals surface area contributed by atoms with Gasteiger partial charge in [0, 0.05) is 10.5 Å². The lowest BCUT2D eigenvalue weighted by atomic mass is 9.92. The Morgan fingerprint density at radius 3 is 2.20 bits per heavy atom. The van der Waals surface area contributed by atoms with Gasteiger partial charge in [0.05, 0.1) is 0 Å². The summed E-state index contributed by atoms with van der Waals surface area (Å²) >= 11 is 3.66. The van der Waals surface area contributed by atoms with Crippen LogP contribution >= 0.6 is 15.9 Å². The van der Waals surface area contributed by atoms with Crippen LogP contribution in [-0.2, 0) is 6.42 Å². The summed E-state index contributed by atoms with van der Waals surface area (Å²) in [4.78, 5) is 0. The fourth-order valence-corrected chi connectivity index (χ4v) is 3.42. The van der Waals surface area contributed by atoms with Crippen LogP contribution in [0.5, 0.6) is 0 Å². The number of rotatable bonds is 4. The van der Waals surface area contributed by atoms with Gasteiger partial charge in [0.15, 0.2) is 0 Å². The number of halogens is 1. The molecule has 0 bridgehead atoms. The molecule has 1 N–H and O–H groups in total. The summed E-state index contributed by atoms with van der Waals surface area (Å²) in [5.41, 5.74) is 6.87. The molecule has 0 aliphatic carbocycles. The number of hydrogen-bond acceptors (Lipinski definition) is 1. The molecule has 0 saturated heterocycles. The summed E-state index contributed by atoms with van der Waals surface area (Å²) in [5, 5.41) is 3.45.